The zero-order valence-electron chi connectivity index (χ0n) is 14.7. The lowest BCUT2D eigenvalue weighted by Gasteiger charge is -2.23. The Kier molecular flexibility index (Phi) is 9.53. The lowest BCUT2D eigenvalue weighted by Crippen LogP contribution is -2.48. The molecule has 0 aliphatic rings. The van der Waals surface area contributed by atoms with Crippen LogP contribution in [-0.4, -0.2) is 40.0 Å². The molecular weight excluding hydrogens is 354 g/mol. The van der Waals surface area contributed by atoms with Crippen molar-refractivity contribution in [3.8, 4) is 11.5 Å². The zero-order chi connectivity index (χ0) is 17.8. The molecule has 0 fully saturated rings. The minimum absolute atomic E-state index is 0. The molecule has 1 aromatic carbocycles. The Hall–Kier alpha value is -2.03. The lowest BCUT2D eigenvalue weighted by atomic mass is 9.94. The first-order chi connectivity index (χ1) is 10.4. The van der Waals surface area contributed by atoms with Gasteiger partial charge in [-0.2, -0.15) is 0 Å². The van der Waals surface area contributed by atoms with Crippen molar-refractivity contribution in [3.05, 3.63) is 23.8 Å². The fraction of sp³-hybridized carbons (Fsp3) is 0.500. The van der Waals surface area contributed by atoms with Gasteiger partial charge in [-0.15, -0.1) is 12.4 Å². The van der Waals surface area contributed by atoms with Gasteiger partial charge in [0.05, 0.1) is 5.41 Å². The van der Waals surface area contributed by atoms with E-state index in [1.807, 2.05) is 0 Å². The molecule has 144 valence electrons. The van der Waals surface area contributed by atoms with Gasteiger partial charge in [0.1, 0.15) is 5.54 Å². The SMILES string of the molecule is CC(C)(C)C(=O)OCOC(=O)[C@@](C)(N)Cc1ccc(O)c(O)c1.Cl.O. The number of esters is 2. The van der Waals surface area contributed by atoms with Gasteiger partial charge in [-0.3, -0.25) is 4.79 Å². The first kappa shape index (κ1) is 25.2. The van der Waals surface area contributed by atoms with Gasteiger partial charge in [-0.1, -0.05) is 6.07 Å². The highest BCUT2D eigenvalue weighted by atomic mass is 35.5. The Morgan fingerprint density at radius 3 is 2.04 bits per heavy atom. The molecule has 9 heteroatoms. The van der Waals surface area contributed by atoms with Crippen molar-refractivity contribution in [2.24, 2.45) is 11.1 Å². The molecule has 6 N–H and O–H groups in total. The third-order valence-electron chi connectivity index (χ3n) is 3.07. The molecule has 0 spiro atoms. The highest BCUT2D eigenvalue weighted by Gasteiger charge is 2.31. The Balaban J connectivity index is 0. The smallest absolute Gasteiger partial charge is 0.329 e. The number of hydrogen-bond donors (Lipinski definition) is 3. The molecule has 0 aromatic heterocycles. The summed E-state index contributed by atoms with van der Waals surface area (Å²) in [5.41, 5.74) is 4.40. The quantitative estimate of drug-likeness (QED) is 0.392. The fourth-order valence-electron chi connectivity index (χ4n) is 1.69. The number of phenols is 2. The van der Waals surface area contributed by atoms with Gasteiger partial charge in [-0.05, 0) is 45.4 Å². The molecule has 0 radical (unpaired) electrons. The van der Waals surface area contributed by atoms with Gasteiger partial charge in [0.2, 0.25) is 6.79 Å². The molecule has 0 unspecified atom stereocenters. The summed E-state index contributed by atoms with van der Waals surface area (Å²) in [6.07, 6.45) is 0.0763. The minimum Gasteiger partial charge on any atom is -0.504 e. The maximum atomic E-state index is 12.0. The summed E-state index contributed by atoms with van der Waals surface area (Å²) < 4.78 is 9.73. The number of hydrogen-bond acceptors (Lipinski definition) is 7. The van der Waals surface area contributed by atoms with Crippen LogP contribution in [-0.2, 0) is 25.5 Å². The average Bonchev–Trinajstić information content (AvgIpc) is 2.41. The van der Waals surface area contributed by atoms with Crippen molar-refractivity contribution in [1.29, 1.82) is 0 Å². The van der Waals surface area contributed by atoms with E-state index >= 15 is 0 Å². The molecule has 0 heterocycles. The second-order valence-corrected chi connectivity index (χ2v) is 6.65. The highest BCUT2D eigenvalue weighted by molar-refractivity contribution is 5.85. The monoisotopic (exact) mass is 379 g/mol. The summed E-state index contributed by atoms with van der Waals surface area (Å²) in [4.78, 5) is 23.6. The predicted octanol–water partition coefficient (Wildman–Crippen LogP) is 1.04. The molecule has 0 aliphatic carbocycles. The Morgan fingerprint density at radius 1 is 1.04 bits per heavy atom. The van der Waals surface area contributed by atoms with E-state index in [9.17, 15) is 19.8 Å². The van der Waals surface area contributed by atoms with Crippen LogP contribution in [0.2, 0.25) is 0 Å². The van der Waals surface area contributed by atoms with Crippen LogP contribution in [0.4, 0.5) is 0 Å². The van der Waals surface area contributed by atoms with Gasteiger partial charge in [0, 0.05) is 6.42 Å². The second-order valence-electron chi connectivity index (χ2n) is 6.65. The van der Waals surface area contributed by atoms with Gasteiger partial charge in [0.25, 0.3) is 0 Å². The highest BCUT2D eigenvalue weighted by Crippen LogP contribution is 2.26. The van der Waals surface area contributed by atoms with Gasteiger partial charge < -0.3 is 30.9 Å². The van der Waals surface area contributed by atoms with Crippen molar-refractivity contribution in [3.63, 3.8) is 0 Å². The summed E-state index contributed by atoms with van der Waals surface area (Å²) in [7, 11) is 0. The van der Waals surface area contributed by atoms with Gasteiger partial charge in [0.15, 0.2) is 11.5 Å². The Bertz CT molecular complexity index is 597. The molecule has 0 saturated carbocycles. The van der Waals surface area contributed by atoms with Crippen LogP contribution in [0.5, 0.6) is 11.5 Å². The molecule has 0 aliphatic heterocycles. The molecule has 0 saturated heterocycles. The van der Waals surface area contributed by atoms with E-state index in [0.717, 1.165) is 0 Å². The number of carbonyl (C=O) groups excluding carboxylic acids is 2. The summed E-state index contributed by atoms with van der Waals surface area (Å²) in [5.74, 6) is -1.80. The standard InChI is InChI=1S/C16H23NO6.ClH.H2O/c1-15(2,3)13(20)22-9-23-14(21)16(4,17)8-10-5-6-11(18)12(19)7-10;;/h5-7,18-19H,8-9,17H2,1-4H3;1H;1H2/t16-;;/m0../s1. The van der Waals surface area contributed by atoms with Crippen LogP contribution >= 0.6 is 12.4 Å². The number of nitrogens with two attached hydrogens (primary N) is 1. The van der Waals surface area contributed by atoms with E-state index in [2.05, 4.69) is 0 Å². The van der Waals surface area contributed by atoms with E-state index in [0.29, 0.717) is 5.56 Å². The van der Waals surface area contributed by atoms with Crippen LogP contribution < -0.4 is 5.73 Å². The molecule has 25 heavy (non-hydrogen) atoms. The second kappa shape index (κ2) is 9.45. The molecule has 0 bridgehead atoms. The number of ether oxygens (including phenoxy) is 2. The molecule has 0 amide bonds. The normalized spacial score (nSPS) is 12.8. The van der Waals surface area contributed by atoms with Crippen molar-refractivity contribution >= 4 is 24.3 Å². The van der Waals surface area contributed by atoms with Crippen LogP contribution in [0, 0.1) is 5.41 Å². The number of phenolic OH excluding ortho intramolecular Hbond substituents is 2. The van der Waals surface area contributed by atoms with Gasteiger partial charge >= 0.3 is 11.9 Å². The van der Waals surface area contributed by atoms with Crippen LogP contribution in [0.25, 0.3) is 0 Å². The van der Waals surface area contributed by atoms with Crippen LogP contribution in [0.15, 0.2) is 18.2 Å². The minimum atomic E-state index is -1.38. The van der Waals surface area contributed by atoms with Crippen molar-refractivity contribution < 1.29 is 34.8 Å². The van der Waals surface area contributed by atoms with Crippen LogP contribution in [0.3, 0.4) is 0 Å². The number of aromatic hydroxyl groups is 2. The lowest BCUT2D eigenvalue weighted by molar-refractivity contribution is -0.176. The number of halogens is 1. The predicted molar refractivity (Wildman–Crippen MR) is 93.4 cm³/mol. The Morgan fingerprint density at radius 2 is 1.56 bits per heavy atom. The Labute approximate surface area is 152 Å². The molecule has 1 atom stereocenters. The largest absolute Gasteiger partial charge is 0.504 e. The third-order valence-corrected chi connectivity index (χ3v) is 3.07. The molecule has 1 aromatic rings. The number of carbonyl (C=O) groups is 2. The van der Waals surface area contributed by atoms with E-state index in [1.54, 1.807) is 20.8 Å². The maximum absolute atomic E-state index is 12.0. The fourth-order valence-corrected chi connectivity index (χ4v) is 1.69. The van der Waals surface area contributed by atoms with E-state index in [1.165, 1.54) is 25.1 Å². The molecule has 8 nitrogen and oxygen atoms in total. The van der Waals surface area contributed by atoms with E-state index < -0.39 is 29.7 Å². The van der Waals surface area contributed by atoms with Crippen molar-refractivity contribution in [1.82, 2.24) is 0 Å². The number of benzene rings is 1. The van der Waals surface area contributed by atoms with E-state index in [-0.39, 0.29) is 35.8 Å². The topological polar surface area (TPSA) is 151 Å². The maximum Gasteiger partial charge on any atom is 0.329 e. The average molecular weight is 380 g/mol. The van der Waals surface area contributed by atoms with E-state index in [4.69, 9.17) is 15.2 Å². The van der Waals surface area contributed by atoms with Crippen LogP contribution in [0.1, 0.15) is 33.3 Å². The van der Waals surface area contributed by atoms with Crippen molar-refractivity contribution in [2.45, 2.75) is 39.7 Å². The molecule has 1 rings (SSSR count). The molecular formula is C16H26ClNO7. The summed E-state index contributed by atoms with van der Waals surface area (Å²) in [5, 5.41) is 18.7. The van der Waals surface area contributed by atoms with Crippen molar-refractivity contribution in [2.75, 3.05) is 6.79 Å². The first-order valence-corrected chi connectivity index (χ1v) is 7.07. The van der Waals surface area contributed by atoms with Gasteiger partial charge in [-0.25, -0.2) is 4.79 Å². The number of rotatable bonds is 5. The zero-order valence-corrected chi connectivity index (χ0v) is 15.5. The third kappa shape index (κ3) is 7.59. The summed E-state index contributed by atoms with van der Waals surface area (Å²) in [6, 6.07) is 4.15. The first-order valence-electron chi connectivity index (χ1n) is 7.07. The summed E-state index contributed by atoms with van der Waals surface area (Å²) in [6.45, 7) is 6.00. The summed E-state index contributed by atoms with van der Waals surface area (Å²) >= 11 is 0.